The van der Waals surface area contributed by atoms with Crippen molar-refractivity contribution in [3.05, 3.63) is 64.4 Å². The molecule has 10 nitrogen and oxygen atoms in total. The normalized spacial score (nSPS) is 12.1. The lowest BCUT2D eigenvalue weighted by Crippen LogP contribution is -2.27. The third-order valence-corrected chi connectivity index (χ3v) is 4.76. The number of nitrogens with one attached hydrogen (secondary N) is 2. The van der Waals surface area contributed by atoms with E-state index >= 15 is 0 Å². The summed E-state index contributed by atoms with van der Waals surface area (Å²) in [5.74, 6) is -0.885. The minimum absolute atomic E-state index is 0.0383. The lowest BCUT2D eigenvalue weighted by atomic mass is 10.2. The first-order valence-electron chi connectivity index (χ1n) is 11.0. The summed E-state index contributed by atoms with van der Waals surface area (Å²) in [7, 11) is 3.91. The highest BCUT2D eigenvalue weighted by Crippen LogP contribution is 2.23. The highest BCUT2D eigenvalue weighted by molar-refractivity contribution is 6.01. The van der Waals surface area contributed by atoms with Crippen molar-refractivity contribution in [2.24, 2.45) is 4.99 Å². The molecule has 0 aliphatic heterocycles. The Morgan fingerprint density at radius 1 is 1.26 bits per heavy atom. The number of pyridine rings is 1. The molecule has 0 bridgehead atoms. The fourth-order valence-electron chi connectivity index (χ4n) is 3.04. The average molecular weight is 484 g/mol. The molecule has 186 valence electrons. The molecule has 2 N–H and O–H groups in total. The summed E-state index contributed by atoms with van der Waals surface area (Å²) in [6, 6.07) is 9.86. The molecule has 0 aliphatic carbocycles. The molecule has 0 amide bonds. The van der Waals surface area contributed by atoms with Gasteiger partial charge in [-0.15, -0.1) is 0 Å². The third kappa shape index (κ3) is 7.85. The van der Waals surface area contributed by atoms with Crippen molar-refractivity contribution in [2.75, 3.05) is 20.6 Å². The van der Waals surface area contributed by atoms with Crippen LogP contribution in [-0.2, 0) is 13.1 Å². The van der Waals surface area contributed by atoms with Crippen molar-refractivity contribution < 1.29 is 13.7 Å². The molecule has 0 saturated carbocycles. The molecule has 0 radical (unpaired) electrons. The van der Waals surface area contributed by atoms with Gasteiger partial charge in [0.1, 0.15) is 11.6 Å². The zero-order chi connectivity index (χ0) is 25.6. The summed E-state index contributed by atoms with van der Waals surface area (Å²) in [5.41, 5.74) is 1.48. The maximum absolute atomic E-state index is 13.6. The van der Waals surface area contributed by atoms with Gasteiger partial charge in [0.05, 0.1) is 0 Å². The molecule has 3 rings (SSSR count). The summed E-state index contributed by atoms with van der Waals surface area (Å²) in [4.78, 5) is 22.4. The highest BCUT2D eigenvalue weighted by Gasteiger charge is 2.17. The average Bonchev–Trinajstić information content (AvgIpc) is 3.27. The number of benzene rings is 1. The van der Waals surface area contributed by atoms with E-state index in [9.17, 15) is 9.18 Å². The third-order valence-electron chi connectivity index (χ3n) is 4.76. The van der Waals surface area contributed by atoms with Gasteiger partial charge in [0, 0.05) is 51.3 Å². The van der Waals surface area contributed by atoms with Crippen LogP contribution >= 0.6 is 0 Å². The Kier molecular flexibility index (Phi) is 8.13. The standard InChI is InChI=1S/C24H30FN7O3/c1-16(27-14-17-6-11-20(33)32(15-17)13-12-31(4)5)28-21(26)23-29-22(30-35-23)18-7-9-19(10-8-18)34-24(2,3)25/h6-11,15H,12-14H2,1-5H3,(H2,26,27,28). The van der Waals surface area contributed by atoms with Crippen LogP contribution in [0.5, 0.6) is 5.75 Å². The van der Waals surface area contributed by atoms with Crippen LogP contribution in [0, 0.1) is 5.41 Å². The van der Waals surface area contributed by atoms with Gasteiger partial charge >= 0.3 is 0 Å². The molecule has 1 aromatic carbocycles. The van der Waals surface area contributed by atoms with E-state index in [0.29, 0.717) is 30.2 Å². The van der Waals surface area contributed by atoms with Crippen molar-refractivity contribution in [3.63, 3.8) is 0 Å². The summed E-state index contributed by atoms with van der Waals surface area (Å²) in [5, 5.41) is 15.2. The van der Waals surface area contributed by atoms with Crippen LogP contribution in [0.1, 0.15) is 32.2 Å². The van der Waals surface area contributed by atoms with Crippen molar-refractivity contribution >= 4 is 11.7 Å². The van der Waals surface area contributed by atoms with Crippen molar-refractivity contribution in [3.8, 4) is 17.1 Å². The van der Waals surface area contributed by atoms with Crippen LogP contribution in [0.4, 0.5) is 4.39 Å². The second-order valence-corrected chi connectivity index (χ2v) is 8.68. The lowest BCUT2D eigenvalue weighted by Gasteiger charge is -2.16. The molecule has 3 aromatic rings. The zero-order valence-corrected chi connectivity index (χ0v) is 20.5. The number of aliphatic imine (C=N–C) groups is 1. The molecule has 2 aromatic heterocycles. The number of amidine groups is 2. The number of hydrogen-bond acceptors (Lipinski definition) is 7. The van der Waals surface area contributed by atoms with E-state index in [4.69, 9.17) is 14.7 Å². The minimum Gasteiger partial charge on any atom is -0.459 e. The second kappa shape index (κ2) is 11.0. The summed E-state index contributed by atoms with van der Waals surface area (Å²) in [6.45, 7) is 6.15. The summed E-state index contributed by atoms with van der Waals surface area (Å²) in [6.07, 6.45) is 1.81. The summed E-state index contributed by atoms with van der Waals surface area (Å²) >= 11 is 0. The number of nitrogens with zero attached hydrogens (tertiary/aromatic N) is 5. The second-order valence-electron chi connectivity index (χ2n) is 8.68. The van der Waals surface area contributed by atoms with Crippen molar-refractivity contribution in [1.29, 1.82) is 5.41 Å². The van der Waals surface area contributed by atoms with Gasteiger partial charge in [-0.2, -0.15) is 9.37 Å². The van der Waals surface area contributed by atoms with Gasteiger partial charge in [-0.3, -0.25) is 10.2 Å². The van der Waals surface area contributed by atoms with E-state index in [0.717, 1.165) is 12.1 Å². The Labute approximate surface area is 203 Å². The smallest absolute Gasteiger partial charge is 0.295 e. The minimum atomic E-state index is -1.79. The van der Waals surface area contributed by atoms with Gasteiger partial charge in [-0.25, -0.2) is 4.99 Å². The maximum atomic E-state index is 13.6. The molecule has 2 heterocycles. The number of hydrogen-bond donors (Lipinski definition) is 2. The monoisotopic (exact) mass is 483 g/mol. The number of ether oxygens (including phenoxy) is 1. The first kappa shape index (κ1) is 25.8. The van der Waals surface area contributed by atoms with Gasteiger partial charge in [0.25, 0.3) is 11.4 Å². The molecule has 0 unspecified atom stereocenters. The van der Waals surface area contributed by atoms with Crippen LogP contribution in [0.25, 0.3) is 11.4 Å². The number of aromatic nitrogens is 3. The van der Waals surface area contributed by atoms with Gasteiger partial charge < -0.3 is 24.0 Å². The Morgan fingerprint density at radius 3 is 2.63 bits per heavy atom. The number of likely N-dealkylation sites (N-methyl/N-ethyl adjacent to an activating group) is 1. The maximum Gasteiger partial charge on any atom is 0.295 e. The highest BCUT2D eigenvalue weighted by atomic mass is 19.2. The van der Waals surface area contributed by atoms with Crippen molar-refractivity contribution in [2.45, 2.75) is 39.7 Å². The molecule has 11 heteroatoms. The Morgan fingerprint density at radius 2 is 1.97 bits per heavy atom. The van der Waals surface area contributed by atoms with E-state index in [-0.39, 0.29) is 23.1 Å². The van der Waals surface area contributed by atoms with Crippen LogP contribution in [0.2, 0.25) is 0 Å². The van der Waals surface area contributed by atoms with Crippen molar-refractivity contribution in [1.82, 2.24) is 24.9 Å². The number of rotatable bonds is 9. The number of alkyl halides is 1. The molecule has 0 fully saturated rings. The van der Waals surface area contributed by atoms with E-state index in [1.54, 1.807) is 41.8 Å². The topological polar surface area (TPSA) is 122 Å². The molecular formula is C24H30FN7O3. The van der Waals surface area contributed by atoms with Gasteiger partial charge in [0.15, 0.2) is 0 Å². The Bertz CT molecular complexity index is 1240. The number of halogens is 1. The van der Waals surface area contributed by atoms with Crippen LogP contribution in [0.3, 0.4) is 0 Å². The van der Waals surface area contributed by atoms with E-state index in [1.165, 1.54) is 19.9 Å². The zero-order valence-electron chi connectivity index (χ0n) is 20.5. The van der Waals surface area contributed by atoms with E-state index in [2.05, 4.69) is 20.4 Å². The van der Waals surface area contributed by atoms with Crippen LogP contribution < -0.4 is 15.6 Å². The molecule has 0 aliphatic rings. The molecule has 0 spiro atoms. The van der Waals surface area contributed by atoms with Crippen LogP contribution in [-0.4, -0.2) is 57.8 Å². The van der Waals surface area contributed by atoms with E-state index in [1.807, 2.05) is 25.2 Å². The largest absolute Gasteiger partial charge is 0.459 e. The first-order chi connectivity index (χ1) is 16.5. The fourth-order valence-corrected chi connectivity index (χ4v) is 3.04. The van der Waals surface area contributed by atoms with Crippen LogP contribution in [0.15, 0.2) is 56.9 Å². The Hall–Kier alpha value is -3.86. The molecule has 0 atom stereocenters. The van der Waals surface area contributed by atoms with Gasteiger partial charge in [0.2, 0.25) is 17.5 Å². The molecular weight excluding hydrogens is 453 g/mol. The Balaban J connectivity index is 1.61. The fraction of sp³-hybridized carbons (Fsp3) is 0.375. The molecule has 0 saturated heterocycles. The van der Waals surface area contributed by atoms with E-state index < -0.39 is 5.85 Å². The van der Waals surface area contributed by atoms with Gasteiger partial charge in [-0.05, 0) is 50.8 Å². The quantitative estimate of drug-likeness (QED) is 0.354. The predicted octanol–water partition coefficient (Wildman–Crippen LogP) is 3.08. The lowest BCUT2D eigenvalue weighted by molar-refractivity contribution is -0.0256. The molecule has 35 heavy (non-hydrogen) atoms. The SMILES string of the molecule is C/C(=N/C(=N)c1nc(-c2ccc(OC(C)(C)F)cc2)no1)NCc1ccc(=O)n(CCN(C)C)c1. The first-order valence-corrected chi connectivity index (χ1v) is 11.0. The van der Waals surface area contributed by atoms with Gasteiger partial charge in [-0.1, -0.05) is 11.2 Å². The predicted molar refractivity (Wildman–Crippen MR) is 132 cm³/mol. The summed E-state index contributed by atoms with van der Waals surface area (Å²) < 4.78 is 25.6.